The number of benzene rings is 3. The molecule has 2 aliphatic rings. The fourth-order valence-corrected chi connectivity index (χ4v) is 5.23. The maximum absolute atomic E-state index is 13.2. The van der Waals surface area contributed by atoms with Crippen LogP contribution in [0.3, 0.4) is 0 Å². The molecule has 2 bridgehead atoms. The third-order valence-corrected chi connectivity index (χ3v) is 6.89. The Kier molecular flexibility index (Phi) is 5.04. The van der Waals surface area contributed by atoms with Gasteiger partial charge in [-0.25, -0.2) is 9.78 Å². The molecule has 5 nitrogen and oxygen atoms in total. The first-order chi connectivity index (χ1) is 16.2. The number of hydrogen-bond donors (Lipinski definition) is 0. The highest BCUT2D eigenvalue weighted by atomic mass is 16.2. The topological polar surface area (TPSA) is 41.4 Å². The minimum Gasteiger partial charge on any atom is -0.318 e. The molecule has 1 unspecified atom stereocenters. The lowest BCUT2D eigenvalue weighted by molar-refractivity contribution is 0.133. The third kappa shape index (κ3) is 3.85. The molecular formula is C28H26N4O. The first-order valence-corrected chi connectivity index (χ1v) is 11.5. The number of amides is 1. The van der Waals surface area contributed by atoms with Crippen LogP contribution in [0, 0.1) is 0 Å². The number of likely N-dealkylation sites (tertiary alicyclic amines) is 2. The predicted molar refractivity (Wildman–Crippen MR) is 130 cm³/mol. The van der Waals surface area contributed by atoms with Crippen LogP contribution >= 0.6 is 0 Å². The van der Waals surface area contributed by atoms with Gasteiger partial charge in [0.25, 0.3) is 0 Å². The van der Waals surface area contributed by atoms with Crippen LogP contribution in [0.5, 0.6) is 0 Å². The molecule has 5 heteroatoms. The zero-order valence-corrected chi connectivity index (χ0v) is 18.4. The Morgan fingerprint density at radius 1 is 0.818 bits per heavy atom. The van der Waals surface area contributed by atoms with E-state index in [9.17, 15) is 4.79 Å². The summed E-state index contributed by atoms with van der Waals surface area (Å²) in [6.45, 7) is 2.63. The molecule has 2 atom stereocenters. The molecule has 1 aromatic heterocycles. The molecule has 0 aliphatic carbocycles. The van der Waals surface area contributed by atoms with Crippen molar-refractivity contribution in [2.24, 2.45) is 0 Å². The number of carbonyl (C=O) groups is 1. The maximum atomic E-state index is 13.2. The number of carbonyl (C=O) groups excluding carboxylic acids is 1. The molecule has 0 radical (unpaired) electrons. The summed E-state index contributed by atoms with van der Waals surface area (Å²) >= 11 is 0. The second-order valence-electron chi connectivity index (χ2n) is 9.01. The van der Waals surface area contributed by atoms with E-state index in [0.29, 0.717) is 6.04 Å². The van der Waals surface area contributed by atoms with E-state index in [1.54, 1.807) is 10.9 Å². The molecule has 4 aromatic rings. The van der Waals surface area contributed by atoms with Crippen LogP contribution < -0.4 is 0 Å². The van der Waals surface area contributed by atoms with Crippen LogP contribution in [-0.4, -0.2) is 50.6 Å². The zero-order valence-electron chi connectivity index (χ0n) is 18.4. The third-order valence-electron chi connectivity index (χ3n) is 6.89. The summed E-state index contributed by atoms with van der Waals surface area (Å²) in [6, 6.07) is 30.0. The highest BCUT2D eigenvalue weighted by molar-refractivity contribution is 5.79. The van der Waals surface area contributed by atoms with Gasteiger partial charge in [-0.1, -0.05) is 78.9 Å². The molecule has 1 amide bonds. The van der Waals surface area contributed by atoms with Gasteiger partial charge >= 0.3 is 6.03 Å². The van der Waals surface area contributed by atoms with Gasteiger partial charge in [0.1, 0.15) is 6.33 Å². The van der Waals surface area contributed by atoms with Gasteiger partial charge in [0.2, 0.25) is 0 Å². The molecule has 3 heterocycles. The van der Waals surface area contributed by atoms with E-state index in [4.69, 9.17) is 0 Å². The monoisotopic (exact) mass is 434 g/mol. The van der Waals surface area contributed by atoms with E-state index in [1.807, 2.05) is 47.5 Å². The van der Waals surface area contributed by atoms with Gasteiger partial charge in [-0.2, -0.15) is 0 Å². The van der Waals surface area contributed by atoms with Gasteiger partial charge in [-0.3, -0.25) is 9.47 Å². The number of hydrogen-bond acceptors (Lipinski definition) is 3. The lowest BCUT2D eigenvalue weighted by atomic mass is 10.0. The Labute approximate surface area is 193 Å². The normalized spacial score (nSPS) is 19.8. The Morgan fingerprint density at radius 2 is 1.55 bits per heavy atom. The van der Waals surface area contributed by atoms with Crippen molar-refractivity contribution in [1.82, 2.24) is 19.4 Å². The number of piperazine rings is 1. The predicted octanol–water partition coefficient (Wildman–Crippen LogP) is 5.14. The Balaban J connectivity index is 1.12. The van der Waals surface area contributed by atoms with E-state index < -0.39 is 0 Å². The minimum absolute atomic E-state index is 0.0305. The van der Waals surface area contributed by atoms with Gasteiger partial charge < -0.3 is 4.90 Å². The summed E-state index contributed by atoms with van der Waals surface area (Å²) in [7, 11) is 0. The number of nitrogens with zero attached hydrogens (tertiary/aromatic N) is 4. The molecule has 2 fully saturated rings. The van der Waals surface area contributed by atoms with E-state index >= 15 is 0 Å². The SMILES string of the molecule is O=C(N1C[C@@H]2CC1CN2Cc1cccc(-c2ccccc2)c1)n1cnc(-c2ccccc2)c1. The smallest absolute Gasteiger partial charge is 0.318 e. The molecule has 0 spiro atoms. The molecule has 2 saturated heterocycles. The number of rotatable bonds is 4. The van der Waals surface area contributed by atoms with Crippen molar-refractivity contribution in [3.63, 3.8) is 0 Å². The standard InChI is InChI=1S/C28H26N4O/c33-28(31-19-27(29-20-31)23-11-5-2-6-12-23)32-18-25-15-26(32)17-30(25)16-21-8-7-13-24(14-21)22-9-3-1-4-10-22/h1-14,19-20,25-26H,15-18H2/t25-,26?/m0/s1. The Morgan fingerprint density at radius 3 is 2.27 bits per heavy atom. The van der Waals surface area contributed by atoms with Crippen LogP contribution in [0.2, 0.25) is 0 Å². The molecular weight excluding hydrogens is 408 g/mol. The van der Waals surface area contributed by atoms with E-state index in [2.05, 4.69) is 58.4 Å². The van der Waals surface area contributed by atoms with Crippen LogP contribution in [0.1, 0.15) is 12.0 Å². The second kappa shape index (κ2) is 8.34. The summed E-state index contributed by atoms with van der Waals surface area (Å²) < 4.78 is 1.64. The average Bonchev–Trinajstić information content (AvgIpc) is 3.61. The minimum atomic E-state index is 0.0305. The average molecular weight is 435 g/mol. The van der Waals surface area contributed by atoms with Crippen molar-refractivity contribution in [3.05, 3.63) is 103 Å². The Hall–Kier alpha value is -3.70. The van der Waals surface area contributed by atoms with Gasteiger partial charge in [0.05, 0.1) is 5.69 Å². The largest absolute Gasteiger partial charge is 0.329 e. The van der Waals surface area contributed by atoms with Crippen molar-refractivity contribution in [3.8, 4) is 22.4 Å². The van der Waals surface area contributed by atoms with E-state index in [1.165, 1.54) is 16.7 Å². The maximum Gasteiger partial charge on any atom is 0.329 e. The van der Waals surface area contributed by atoms with Crippen molar-refractivity contribution < 1.29 is 4.79 Å². The van der Waals surface area contributed by atoms with Gasteiger partial charge in [-0.05, 0) is 29.2 Å². The Bertz CT molecular complexity index is 1270. The summed E-state index contributed by atoms with van der Waals surface area (Å²) in [5, 5.41) is 0. The molecule has 6 rings (SSSR count). The van der Waals surface area contributed by atoms with Crippen LogP contribution in [0.15, 0.2) is 97.5 Å². The molecule has 3 aromatic carbocycles. The van der Waals surface area contributed by atoms with Crippen LogP contribution in [-0.2, 0) is 6.54 Å². The molecule has 0 N–H and O–H groups in total. The van der Waals surface area contributed by atoms with Gasteiger partial charge in [-0.15, -0.1) is 0 Å². The van der Waals surface area contributed by atoms with Gasteiger partial charge in [0.15, 0.2) is 0 Å². The number of fused-ring (bicyclic) bond motifs is 2. The molecule has 33 heavy (non-hydrogen) atoms. The summed E-state index contributed by atoms with van der Waals surface area (Å²) in [6.07, 6.45) is 4.53. The second-order valence-corrected chi connectivity index (χ2v) is 9.01. The van der Waals surface area contributed by atoms with Crippen molar-refractivity contribution >= 4 is 6.03 Å². The van der Waals surface area contributed by atoms with Crippen molar-refractivity contribution in [1.29, 1.82) is 0 Å². The zero-order chi connectivity index (χ0) is 22.2. The van der Waals surface area contributed by atoms with E-state index in [-0.39, 0.29) is 12.1 Å². The fraction of sp³-hybridized carbons (Fsp3) is 0.214. The van der Waals surface area contributed by atoms with Crippen molar-refractivity contribution in [2.45, 2.75) is 25.0 Å². The van der Waals surface area contributed by atoms with Crippen LogP contribution in [0.4, 0.5) is 4.79 Å². The highest BCUT2D eigenvalue weighted by Gasteiger charge is 2.45. The van der Waals surface area contributed by atoms with Gasteiger partial charge in [0, 0.05) is 43.5 Å². The fourth-order valence-electron chi connectivity index (χ4n) is 5.23. The lowest BCUT2D eigenvalue weighted by Gasteiger charge is -2.34. The molecule has 2 aliphatic heterocycles. The first kappa shape index (κ1) is 19.9. The summed E-state index contributed by atoms with van der Waals surface area (Å²) in [4.78, 5) is 22.2. The summed E-state index contributed by atoms with van der Waals surface area (Å²) in [5.74, 6) is 0. The van der Waals surface area contributed by atoms with Crippen molar-refractivity contribution in [2.75, 3.05) is 13.1 Å². The van der Waals surface area contributed by atoms with E-state index in [0.717, 1.165) is 37.3 Å². The number of aromatic nitrogens is 2. The highest BCUT2D eigenvalue weighted by Crippen LogP contribution is 2.33. The molecule has 0 saturated carbocycles. The molecule has 164 valence electrons. The lowest BCUT2D eigenvalue weighted by Crippen LogP contribution is -2.49. The summed E-state index contributed by atoms with van der Waals surface area (Å²) in [5.41, 5.74) is 5.67. The van der Waals surface area contributed by atoms with Crippen LogP contribution in [0.25, 0.3) is 22.4 Å². The number of imidazole rings is 1. The first-order valence-electron chi connectivity index (χ1n) is 11.5. The quantitative estimate of drug-likeness (QED) is 0.446.